The fourth-order valence-corrected chi connectivity index (χ4v) is 7.03. The summed E-state index contributed by atoms with van der Waals surface area (Å²) < 4.78 is 46.4. The Morgan fingerprint density at radius 1 is 1.02 bits per heavy atom. The van der Waals surface area contributed by atoms with E-state index in [0.717, 1.165) is 25.0 Å². The molecule has 9 heteroatoms. The number of ether oxygens (including phenoxy) is 1. The molecule has 212 valence electrons. The van der Waals surface area contributed by atoms with E-state index in [1.807, 2.05) is 12.1 Å². The molecule has 2 aromatic carbocycles. The van der Waals surface area contributed by atoms with Crippen molar-refractivity contribution >= 4 is 40.5 Å². The van der Waals surface area contributed by atoms with Crippen molar-refractivity contribution in [1.82, 2.24) is 4.98 Å². The lowest BCUT2D eigenvalue weighted by atomic mass is 9.73. The summed E-state index contributed by atoms with van der Waals surface area (Å²) in [7, 11) is 0. The molecule has 5 rings (SSSR count). The van der Waals surface area contributed by atoms with Crippen LogP contribution in [-0.2, 0) is 16.3 Å². The molecule has 0 aliphatic heterocycles. The van der Waals surface area contributed by atoms with Crippen LogP contribution >= 0.6 is 11.6 Å². The highest BCUT2D eigenvalue weighted by Crippen LogP contribution is 2.59. The Bertz CT molecular complexity index is 1400. The van der Waals surface area contributed by atoms with E-state index in [1.165, 1.54) is 24.5 Å². The van der Waals surface area contributed by atoms with Crippen molar-refractivity contribution in [3.63, 3.8) is 0 Å². The predicted octanol–water partition coefficient (Wildman–Crippen LogP) is 9.13. The number of benzene rings is 2. The van der Waals surface area contributed by atoms with Crippen molar-refractivity contribution in [2.24, 2.45) is 17.8 Å². The molecular weight excluding hydrogens is 539 g/mol. The topological polar surface area (TPSA) is 63.2 Å². The van der Waals surface area contributed by atoms with E-state index in [0.29, 0.717) is 28.5 Å². The third-order valence-corrected chi connectivity index (χ3v) is 8.48. The SMILES string of the molecule is CCOC(=O)c1cccc(Nc2cc(Nc3ccc(C45CC(C)CC4CC(C)C5)cc3Cl)cc(C(F)(F)F)c2)n1. The molecule has 2 atom stereocenters. The van der Waals surface area contributed by atoms with E-state index in [1.54, 1.807) is 25.1 Å². The number of rotatable bonds is 7. The molecule has 2 unspecified atom stereocenters. The molecule has 0 bridgehead atoms. The maximum atomic E-state index is 13.8. The van der Waals surface area contributed by atoms with Gasteiger partial charge in [0.1, 0.15) is 5.82 Å². The zero-order chi connectivity index (χ0) is 28.7. The summed E-state index contributed by atoms with van der Waals surface area (Å²) in [6, 6.07) is 14.1. The number of fused-ring (bicyclic) bond motifs is 1. The lowest BCUT2D eigenvalue weighted by Crippen LogP contribution is -2.25. The summed E-state index contributed by atoms with van der Waals surface area (Å²) in [5, 5.41) is 6.44. The first kappa shape index (κ1) is 28.3. The van der Waals surface area contributed by atoms with Crippen LogP contribution in [0.4, 0.5) is 36.1 Å². The Balaban J connectivity index is 1.42. The summed E-state index contributed by atoms with van der Waals surface area (Å²) >= 11 is 6.74. The number of nitrogens with one attached hydrogen (secondary N) is 2. The van der Waals surface area contributed by atoms with Gasteiger partial charge in [-0.3, -0.25) is 0 Å². The summed E-state index contributed by atoms with van der Waals surface area (Å²) in [5.41, 5.74) is 1.46. The molecule has 0 amide bonds. The first-order valence-corrected chi connectivity index (χ1v) is 14.0. The molecular formula is C31H33ClF3N3O2. The Hall–Kier alpha value is -3.26. The number of halogens is 4. The van der Waals surface area contributed by atoms with Gasteiger partial charge in [-0.05, 0) is 104 Å². The minimum absolute atomic E-state index is 0.0547. The Labute approximate surface area is 237 Å². The summed E-state index contributed by atoms with van der Waals surface area (Å²) in [6.07, 6.45) is 0.145. The van der Waals surface area contributed by atoms with Crippen molar-refractivity contribution in [3.05, 3.63) is 76.4 Å². The van der Waals surface area contributed by atoms with Gasteiger partial charge < -0.3 is 15.4 Å². The van der Waals surface area contributed by atoms with Crippen molar-refractivity contribution < 1.29 is 22.7 Å². The lowest BCUT2D eigenvalue weighted by molar-refractivity contribution is -0.137. The van der Waals surface area contributed by atoms with Gasteiger partial charge in [0.15, 0.2) is 5.69 Å². The highest BCUT2D eigenvalue weighted by Gasteiger charge is 2.52. The van der Waals surface area contributed by atoms with Crippen LogP contribution in [0, 0.1) is 17.8 Å². The number of carbonyl (C=O) groups excluding carboxylic acids is 1. The second-order valence-corrected chi connectivity index (χ2v) is 11.7. The maximum Gasteiger partial charge on any atom is 0.416 e. The molecule has 40 heavy (non-hydrogen) atoms. The Kier molecular flexibility index (Phi) is 7.75. The highest BCUT2D eigenvalue weighted by atomic mass is 35.5. The van der Waals surface area contributed by atoms with Crippen LogP contribution < -0.4 is 10.6 Å². The number of hydrogen-bond acceptors (Lipinski definition) is 5. The zero-order valence-electron chi connectivity index (χ0n) is 22.7. The molecule has 5 nitrogen and oxygen atoms in total. The van der Waals surface area contributed by atoms with E-state index in [9.17, 15) is 18.0 Å². The quantitative estimate of drug-likeness (QED) is 0.277. The molecule has 0 spiro atoms. The normalized spacial score (nSPS) is 24.0. The van der Waals surface area contributed by atoms with E-state index in [2.05, 4.69) is 35.5 Å². The van der Waals surface area contributed by atoms with E-state index in [4.69, 9.17) is 16.3 Å². The molecule has 2 N–H and O–H groups in total. The predicted molar refractivity (Wildman–Crippen MR) is 152 cm³/mol. The van der Waals surface area contributed by atoms with Gasteiger partial charge in [-0.2, -0.15) is 13.2 Å². The molecule has 2 saturated carbocycles. The van der Waals surface area contributed by atoms with Crippen molar-refractivity contribution in [2.45, 2.75) is 58.0 Å². The molecule has 2 fully saturated rings. The third-order valence-electron chi connectivity index (χ3n) is 8.17. The van der Waals surface area contributed by atoms with Gasteiger partial charge in [-0.25, -0.2) is 9.78 Å². The van der Waals surface area contributed by atoms with Crippen molar-refractivity contribution in [2.75, 3.05) is 17.2 Å². The molecule has 2 aliphatic rings. The number of hydrogen-bond donors (Lipinski definition) is 2. The first-order chi connectivity index (χ1) is 19.0. The van der Waals surface area contributed by atoms with Gasteiger partial charge in [0.2, 0.25) is 0 Å². The molecule has 3 aromatic rings. The van der Waals surface area contributed by atoms with Crippen LogP contribution in [0.2, 0.25) is 5.02 Å². The number of nitrogens with zero attached hydrogens (tertiary/aromatic N) is 1. The number of aromatic nitrogens is 1. The monoisotopic (exact) mass is 571 g/mol. The van der Waals surface area contributed by atoms with Gasteiger partial charge in [-0.1, -0.05) is 37.6 Å². The number of esters is 1. The standard InChI is InChI=1S/C31H33ClF3N3O2/c1-4-40-29(39)27-6-5-7-28(38-27)37-24-13-22(31(33,34)35)12-23(15-24)36-26-9-8-20(14-25(26)32)30-16-18(2)10-21(30)11-19(3)17-30/h5-9,12-15,18-19,21,36H,4,10-11,16-17H2,1-3H3,(H,37,38). The zero-order valence-corrected chi connectivity index (χ0v) is 23.5. The summed E-state index contributed by atoms with van der Waals surface area (Å²) in [6.45, 7) is 6.48. The second-order valence-electron chi connectivity index (χ2n) is 11.3. The minimum atomic E-state index is -4.57. The number of anilines is 4. The lowest BCUT2D eigenvalue weighted by Gasteiger charge is -2.31. The molecule has 2 aliphatic carbocycles. The Morgan fingerprint density at radius 2 is 1.70 bits per heavy atom. The van der Waals surface area contributed by atoms with Crippen LogP contribution in [0.1, 0.15) is 68.1 Å². The fourth-order valence-electron chi connectivity index (χ4n) is 6.81. The average Bonchev–Trinajstić information content (AvgIpc) is 3.36. The molecule has 0 radical (unpaired) electrons. The largest absolute Gasteiger partial charge is 0.461 e. The van der Waals surface area contributed by atoms with Gasteiger partial charge in [0, 0.05) is 11.4 Å². The molecule has 1 heterocycles. The highest BCUT2D eigenvalue weighted by molar-refractivity contribution is 6.33. The maximum absolute atomic E-state index is 13.8. The smallest absolute Gasteiger partial charge is 0.416 e. The third kappa shape index (κ3) is 5.78. The first-order valence-electron chi connectivity index (χ1n) is 13.7. The van der Waals surface area contributed by atoms with Gasteiger partial charge >= 0.3 is 12.1 Å². The average molecular weight is 572 g/mol. The van der Waals surface area contributed by atoms with E-state index in [-0.39, 0.29) is 34.9 Å². The molecule has 1 aromatic heterocycles. The van der Waals surface area contributed by atoms with Crippen LogP contribution in [0.25, 0.3) is 0 Å². The van der Waals surface area contributed by atoms with Gasteiger partial charge in [-0.15, -0.1) is 0 Å². The van der Waals surface area contributed by atoms with Crippen LogP contribution in [0.3, 0.4) is 0 Å². The summed E-state index contributed by atoms with van der Waals surface area (Å²) in [5.74, 6) is 1.57. The van der Waals surface area contributed by atoms with Gasteiger partial charge in [0.05, 0.1) is 22.9 Å². The van der Waals surface area contributed by atoms with Crippen molar-refractivity contribution in [3.8, 4) is 0 Å². The minimum Gasteiger partial charge on any atom is -0.461 e. The number of alkyl halides is 3. The molecule has 0 saturated heterocycles. The van der Waals surface area contributed by atoms with Crippen molar-refractivity contribution in [1.29, 1.82) is 0 Å². The Morgan fingerprint density at radius 3 is 2.33 bits per heavy atom. The second kappa shape index (κ2) is 11.0. The van der Waals surface area contributed by atoms with E-state index < -0.39 is 17.7 Å². The summed E-state index contributed by atoms with van der Waals surface area (Å²) in [4.78, 5) is 16.2. The van der Waals surface area contributed by atoms with E-state index >= 15 is 0 Å². The van der Waals surface area contributed by atoms with Gasteiger partial charge in [0.25, 0.3) is 0 Å². The number of carbonyl (C=O) groups is 1. The number of pyridine rings is 1. The van der Waals surface area contributed by atoms with Crippen LogP contribution in [0.15, 0.2) is 54.6 Å². The van der Waals surface area contributed by atoms with Crippen LogP contribution in [-0.4, -0.2) is 17.6 Å². The van der Waals surface area contributed by atoms with Crippen LogP contribution in [0.5, 0.6) is 0 Å². The fraction of sp³-hybridized carbons (Fsp3) is 0.419.